The van der Waals surface area contributed by atoms with Gasteiger partial charge in [0.25, 0.3) is 0 Å². The zero-order chi connectivity index (χ0) is 12.9. The number of hydrogen-bond acceptors (Lipinski definition) is 2. The number of rotatable bonds is 6. The van der Waals surface area contributed by atoms with E-state index in [1.54, 1.807) is 0 Å². The standard InChI is InChI=1S/C15H25NO/c1-5-16(6-2)12-13(3)15(4,17)14-10-8-7-9-11-14/h7-11,13,17H,5-6,12H2,1-4H3. The molecule has 0 amide bonds. The minimum Gasteiger partial charge on any atom is -0.385 e. The maximum atomic E-state index is 10.7. The molecule has 2 atom stereocenters. The highest BCUT2D eigenvalue weighted by Gasteiger charge is 2.30. The summed E-state index contributed by atoms with van der Waals surface area (Å²) in [6.07, 6.45) is 0. The molecule has 96 valence electrons. The van der Waals surface area contributed by atoms with Gasteiger partial charge in [-0.2, -0.15) is 0 Å². The number of nitrogens with zero attached hydrogens (tertiary/aromatic N) is 1. The zero-order valence-corrected chi connectivity index (χ0v) is 11.5. The van der Waals surface area contributed by atoms with E-state index in [4.69, 9.17) is 0 Å². The monoisotopic (exact) mass is 235 g/mol. The van der Waals surface area contributed by atoms with Crippen LogP contribution in [0.4, 0.5) is 0 Å². The summed E-state index contributed by atoms with van der Waals surface area (Å²) in [5, 5.41) is 10.7. The van der Waals surface area contributed by atoms with Crippen molar-refractivity contribution in [2.45, 2.75) is 33.3 Å². The Morgan fingerprint density at radius 3 is 2.18 bits per heavy atom. The van der Waals surface area contributed by atoms with Gasteiger partial charge in [0.1, 0.15) is 0 Å². The minimum absolute atomic E-state index is 0.213. The molecule has 2 nitrogen and oxygen atoms in total. The topological polar surface area (TPSA) is 23.5 Å². The maximum absolute atomic E-state index is 10.7. The third-order valence-electron chi connectivity index (χ3n) is 3.74. The van der Waals surface area contributed by atoms with Crippen LogP contribution in [-0.4, -0.2) is 29.6 Å². The van der Waals surface area contributed by atoms with E-state index in [0.717, 1.165) is 25.2 Å². The predicted molar refractivity (Wildman–Crippen MR) is 73.0 cm³/mol. The van der Waals surface area contributed by atoms with Crippen molar-refractivity contribution >= 4 is 0 Å². The van der Waals surface area contributed by atoms with E-state index in [2.05, 4.69) is 25.7 Å². The molecule has 0 saturated carbocycles. The molecule has 2 unspecified atom stereocenters. The lowest BCUT2D eigenvalue weighted by atomic mass is 9.83. The zero-order valence-electron chi connectivity index (χ0n) is 11.5. The first-order valence-corrected chi connectivity index (χ1v) is 6.52. The molecule has 0 aliphatic heterocycles. The van der Waals surface area contributed by atoms with Gasteiger partial charge >= 0.3 is 0 Å². The molecule has 17 heavy (non-hydrogen) atoms. The van der Waals surface area contributed by atoms with E-state index in [0.29, 0.717) is 0 Å². The molecule has 0 saturated heterocycles. The van der Waals surface area contributed by atoms with E-state index in [1.165, 1.54) is 0 Å². The van der Waals surface area contributed by atoms with Crippen LogP contribution in [0.1, 0.15) is 33.3 Å². The van der Waals surface area contributed by atoms with Crippen molar-refractivity contribution in [2.24, 2.45) is 5.92 Å². The lowest BCUT2D eigenvalue weighted by molar-refractivity contribution is -0.0118. The van der Waals surface area contributed by atoms with Crippen molar-refractivity contribution in [1.82, 2.24) is 4.90 Å². The van der Waals surface area contributed by atoms with Crippen LogP contribution in [0.2, 0.25) is 0 Å². The average Bonchev–Trinajstić information content (AvgIpc) is 2.36. The van der Waals surface area contributed by atoms with E-state index in [9.17, 15) is 5.11 Å². The maximum Gasteiger partial charge on any atom is 0.0906 e. The third-order valence-corrected chi connectivity index (χ3v) is 3.74. The van der Waals surface area contributed by atoms with Gasteiger partial charge in [-0.3, -0.25) is 0 Å². The summed E-state index contributed by atoms with van der Waals surface area (Å²) < 4.78 is 0. The highest BCUT2D eigenvalue weighted by Crippen LogP contribution is 2.29. The Morgan fingerprint density at radius 1 is 1.18 bits per heavy atom. The number of aliphatic hydroxyl groups is 1. The Labute approximate surface area is 105 Å². The molecule has 0 aromatic heterocycles. The summed E-state index contributed by atoms with van der Waals surface area (Å²) in [5.74, 6) is 0.213. The molecule has 0 aliphatic carbocycles. The van der Waals surface area contributed by atoms with Crippen LogP contribution in [0.3, 0.4) is 0 Å². The summed E-state index contributed by atoms with van der Waals surface area (Å²) in [7, 11) is 0. The van der Waals surface area contributed by atoms with Crippen LogP contribution in [0.15, 0.2) is 30.3 Å². The second kappa shape index (κ2) is 6.18. The van der Waals surface area contributed by atoms with Crippen LogP contribution < -0.4 is 0 Å². The molecule has 0 spiro atoms. The van der Waals surface area contributed by atoms with Gasteiger partial charge in [0, 0.05) is 12.5 Å². The Bertz CT molecular complexity index is 317. The van der Waals surface area contributed by atoms with E-state index in [-0.39, 0.29) is 5.92 Å². The van der Waals surface area contributed by atoms with Gasteiger partial charge in [-0.05, 0) is 25.6 Å². The lowest BCUT2D eigenvalue weighted by Gasteiger charge is -2.34. The van der Waals surface area contributed by atoms with Crippen molar-refractivity contribution in [3.63, 3.8) is 0 Å². The van der Waals surface area contributed by atoms with Gasteiger partial charge in [-0.25, -0.2) is 0 Å². The number of benzene rings is 1. The minimum atomic E-state index is -0.760. The Kier molecular flexibility index (Phi) is 5.16. The summed E-state index contributed by atoms with van der Waals surface area (Å²) >= 11 is 0. The summed E-state index contributed by atoms with van der Waals surface area (Å²) in [6.45, 7) is 11.3. The fourth-order valence-electron chi connectivity index (χ4n) is 2.11. The average molecular weight is 235 g/mol. The fraction of sp³-hybridized carbons (Fsp3) is 0.600. The van der Waals surface area contributed by atoms with Crippen LogP contribution in [-0.2, 0) is 5.60 Å². The van der Waals surface area contributed by atoms with Crippen LogP contribution in [0.5, 0.6) is 0 Å². The fourth-order valence-corrected chi connectivity index (χ4v) is 2.11. The van der Waals surface area contributed by atoms with Crippen molar-refractivity contribution in [2.75, 3.05) is 19.6 Å². The molecule has 0 bridgehead atoms. The molecule has 1 N–H and O–H groups in total. The lowest BCUT2D eigenvalue weighted by Crippen LogP contribution is -2.39. The smallest absolute Gasteiger partial charge is 0.0906 e. The summed E-state index contributed by atoms with van der Waals surface area (Å²) in [5.41, 5.74) is 0.240. The first-order chi connectivity index (χ1) is 8.02. The Morgan fingerprint density at radius 2 is 1.71 bits per heavy atom. The molecule has 0 fully saturated rings. The third kappa shape index (κ3) is 3.55. The Hall–Kier alpha value is -0.860. The largest absolute Gasteiger partial charge is 0.385 e. The van der Waals surface area contributed by atoms with Crippen molar-refractivity contribution < 1.29 is 5.11 Å². The normalized spacial score (nSPS) is 16.8. The van der Waals surface area contributed by atoms with Gasteiger partial charge in [-0.15, -0.1) is 0 Å². The summed E-state index contributed by atoms with van der Waals surface area (Å²) in [6, 6.07) is 9.94. The van der Waals surface area contributed by atoms with Crippen LogP contribution in [0, 0.1) is 5.92 Å². The van der Waals surface area contributed by atoms with Gasteiger partial charge in [0.05, 0.1) is 5.60 Å². The SMILES string of the molecule is CCN(CC)CC(C)C(C)(O)c1ccccc1. The van der Waals surface area contributed by atoms with Crippen LogP contribution in [0.25, 0.3) is 0 Å². The van der Waals surface area contributed by atoms with E-state index in [1.807, 2.05) is 37.3 Å². The molecule has 2 heteroatoms. The highest BCUT2D eigenvalue weighted by molar-refractivity contribution is 5.22. The second-order valence-corrected chi connectivity index (χ2v) is 4.90. The molecular weight excluding hydrogens is 210 g/mol. The van der Waals surface area contributed by atoms with Crippen LogP contribution >= 0.6 is 0 Å². The first kappa shape index (κ1) is 14.2. The molecule has 0 aliphatic rings. The predicted octanol–water partition coefficient (Wildman–Crippen LogP) is 2.87. The van der Waals surface area contributed by atoms with E-state index >= 15 is 0 Å². The second-order valence-electron chi connectivity index (χ2n) is 4.90. The molecule has 1 aromatic carbocycles. The number of hydrogen-bond donors (Lipinski definition) is 1. The molecule has 1 rings (SSSR count). The van der Waals surface area contributed by atoms with E-state index < -0.39 is 5.60 Å². The van der Waals surface area contributed by atoms with Gasteiger partial charge in [-0.1, -0.05) is 51.1 Å². The van der Waals surface area contributed by atoms with Gasteiger partial charge in [0.2, 0.25) is 0 Å². The van der Waals surface area contributed by atoms with Crippen molar-refractivity contribution in [3.8, 4) is 0 Å². The summed E-state index contributed by atoms with van der Waals surface area (Å²) in [4.78, 5) is 2.35. The van der Waals surface area contributed by atoms with Crippen molar-refractivity contribution in [3.05, 3.63) is 35.9 Å². The molecule has 1 aromatic rings. The van der Waals surface area contributed by atoms with Gasteiger partial charge < -0.3 is 10.0 Å². The molecular formula is C15H25NO. The Balaban J connectivity index is 2.76. The van der Waals surface area contributed by atoms with Gasteiger partial charge in [0.15, 0.2) is 0 Å². The quantitative estimate of drug-likeness (QED) is 0.819. The highest BCUT2D eigenvalue weighted by atomic mass is 16.3. The molecule has 0 heterocycles. The van der Waals surface area contributed by atoms with Crippen molar-refractivity contribution in [1.29, 1.82) is 0 Å². The molecule has 0 radical (unpaired) electrons. The first-order valence-electron chi connectivity index (χ1n) is 6.52.